The monoisotopic (exact) mass is 362 g/mol. The lowest BCUT2D eigenvalue weighted by Gasteiger charge is -2.12. The van der Waals surface area contributed by atoms with E-state index in [1.807, 2.05) is 42.8 Å². The van der Waals surface area contributed by atoms with Crippen molar-refractivity contribution in [2.45, 2.75) is 39.3 Å². The molecule has 0 radical (unpaired) electrons. The van der Waals surface area contributed by atoms with Gasteiger partial charge in [0.15, 0.2) is 0 Å². The Hall–Kier alpha value is -2.05. The van der Waals surface area contributed by atoms with Crippen molar-refractivity contribution in [3.8, 4) is 0 Å². The normalized spacial score (nSPS) is 16.8. The Morgan fingerprint density at radius 2 is 2.20 bits per heavy atom. The summed E-state index contributed by atoms with van der Waals surface area (Å²) in [6.07, 6.45) is 2.17. The van der Waals surface area contributed by atoms with E-state index in [-0.39, 0.29) is 12.1 Å². The van der Waals surface area contributed by atoms with Gasteiger partial charge in [0, 0.05) is 18.2 Å². The van der Waals surface area contributed by atoms with E-state index in [1.165, 1.54) is 0 Å². The van der Waals surface area contributed by atoms with Crippen LogP contribution < -0.4 is 10.6 Å². The third kappa shape index (κ3) is 4.32. The average Bonchev–Trinajstić information content (AvgIpc) is 3.19. The minimum Gasteiger partial charge on any atom is -0.376 e. The molecule has 0 bridgehead atoms. The lowest BCUT2D eigenvalue weighted by molar-refractivity contribution is 0.112. The minimum atomic E-state index is -0.237. The second-order valence-electron chi connectivity index (χ2n) is 6.26. The van der Waals surface area contributed by atoms with E-state index in [4.69, 9.17) is 16.3 Å². The third-order valence-electron chi connectivity index (χ3n) is 4.41. The highest BCUT2D eigenvalue weighted by Gasteiger charge is 2.18. The van der Waals surface area contributed by atoms with Crippen molar-refractivity contribution in [3.63, 3.8) is 0 Å². The van der Waals surface area contributed by atoms with Crippen LogP contribution in [-0.4, -0.2) is 35.1 Å². The Kier molecular flexibility index (Phi) is 5.60. The molecule has 3 rings (SSSR count). The molecule has 2 amide bonds. The van der Waals surface area contributed by atoms with Crippen LogP contribution in [0.1, 0.15) is 29.8 Å². The number of halogens is 1. The zero-order chi connectivity index (χ0) is 17.8. The largest absolute Gasteiger partial charge is 0.376 e. The summed E-state index contributed by atoms with van der Waals surface area (Å²) in [5.74, 6) is 0. The molecule has 25 heavy (non-hydrogen) atoms. The van der Waals surface area contributed by atoms with Gasteiger partial charge in [-0.05, 0) is 38.3 Å². The van der Waals surface area contributed by atoms with Crippen LogP contribution in [0.3, 0.4) is 0 Å². The van der Waals surface area contributed by atoms with Crippen LogP contribution in [0.25, 0.3) is 0 Å². The second-order valence-corrected chi connectivity index (χ2v) is 6.67. The maximum atomic E-state index is 12.2. The summed E-state index contributed by atoms with van der Waals surface area (Å²) in [6, 6.07) is 7.45. The van der Waals surface area contributed by atoms with Gasteiger partial charge < -0.3 is 15.4 Å². The highest BCUT2D eigenvalue weighted by atomic mass is 35.5. The molecular weight excluding hydrogens is 340 g/mol. The maximum absolute atomic E-state index is 12.2. The summed E-state index contributed by atoms with van der Waals surface area (Å²) < 4.78 is 7.36. The van der Waals surface area contributed by atoms with Gasteiger partial charge in [-0.1, -0.05) is 29.8 Å². The first kappa shape index (κ1) is 17.8. The van der Waals surface area contributed by atoms with Gasteiger partial charge in [-0.2, -0.15) is 5.10 Å². The van der Waals surface area contributed by atoms with Crippen LogP contribution in [0, 0.1) is 13.8 Å². The van der Waals surface area contributed by atoms with Crippen LogP contribution in [0.15, 0.2) is 24.3 Å². The van der Waals surface area contributed by atoms with Crippen LogP contribution in [-0.2, 0) is 11.3 Å². The van der Waals surface area contributed by atoms with E-state index in [0.717, 1.165) is 42.1 Å². The fourth-order valence-corrected chi connectivity index (χ4v) is 3.18. The van der Waals surface area contributed by atoms with Crippen molar-refractivity contribution < 1.29 is 9.53 Å². The highest BCUT2D eigenvalue weighted by molar-refractivity contribution is 6.31. The van der Waals surface area contributed by atoms with Crippen molar-refractivity contribution in [3.05, 3.63) is 46.2 Å². The Balaban J connectivity index is 1.65. The number of ether oxygens (including phenoxy) is 1. The lowest BCUT2D eigenvalue weighted by atomic mass is 10.2. The fraction of sp³-hybridized carbons (Fsp3) is 0.444. The number of carbonyl (C=O) groups excluding carboxylic acids is 1. The fourth-order valence-electron chi connectivity index (χ4n) is 2.99. The number of aromatic nitrogens is 2. The SMILES string of the molecule is Cc1nn(Cc2ccccc2Cl)c(C)c1NC(=O)NCC1CCCO1. The number of carbonyl (C=O) groups is 1. The first-order chi connectivity index (χ1) is 12.0. The maximum Gasteiger partial charge on any atom is 0.319 e. The number of hydrogen-bond donors (Lipinski definition) is 2. The number of benzene rings is 1. The highest BCUT2D eigenvalue weighted by Crippen LogP contribution is 2.22. The summed E-state index contributed by atoms with van der Waals surface area (Å²) >= 11 is 6.23. The van der Waals surface area contributed by atoms with Crippen molar-refractivity contribution in [2.75, 3.05) is 18.5 Å². The number of amides is 2. The van der Waals surface area contributed by atoms with Crippen LogP contribution in [0.4, 0.5) is 10.5 Å². The molecule has 1 aromatic carbocycles. The van der Waals surface area contributed by atoms with Crippen LogP contribution >= 0.6 is 11.6 Å². The molecule has 6 nitrogen and oxygen atoms in total. The summed E-state index contributed by atoms with van der Waals surface area (Å²) in [5, 5.41) is 11.0. The molecule has 1 aliphatic heterocycles. The van der Waals surface area contributed by atoms with Crippen molar-refractivity contribution in [1.29, 1.82) is 0 Å². The molecule has 7 heteroatoms. The molecule has 1 aliphatic rings. The molecule has 1 aromatic heterocycles. The lowest BCUT2D eigenvalue weighted by Crippen LogP contribution is -2.35. The van der Waals surface area contributed by atoms with E-state index in [0.29, 0.717) is 18.1 Å². The topological polar surface area (TPSA) is 68.2 Å². The minimum absolute atomic E-state index is 0.121. The number of anilines is 1. The Morgan fingerprint density at radius 3 is 2.92 bits per heavy atom. The Labute approximate surface area is 152 Å². The van der Waals surface area contributed by atoms with Crippen molar-refractivity contribution >= 4 is 23.3 Å². The van der Waals surface area contributed by atoms with Gasteiger partial charge in [-0.15, -0.1) is 0 Å². The van der Waals surface area contributed by atoms with Crippen LogP contribution in [0.2, 0.25) is 5.02 Å². The predicted octanol–water partition coefficient (Wildman–Crippen LogP) is 3.50. The number of nitrogens with zero attached hydrogens (tertiary/aromatic N) is 2. The zero-order valence-corrected chi connectivity index (χ0v) is 15.3. The first-order valence-corrected chi connectivity index (χ1v) is 8.86. The van der Waals surface area contributed by atoms with Crippen molar-refractivity contribution in [2.24, 2.45) is 0 Å². The average molecular weight is 363 g/mol. The number of hydrogen-bond acceptors (Lipinski definition) is 3. The zero-order valence-electron chi connectivity index (χ0n) is 14.5. The molecule has 2 heterocycles. The first-order valence-electron chi connectivity index (χ1n) is 8.48. The van der Waals surface area contributed by atoms with Gasteiger partial charge in [0.2, 0.25) is 0 Å². The molecule has 2 aromatic rings. The predicted molar refractivity (Wildman–Crippen MR) is 98.3 cm³/mol. The molecule has 0 spiro atoms. The van der Waals surface area contributed by atoms with Gasteiger partial charge in [0.05, 0.1) is 29.7 Å². The molecule has 2 N–H and O–H groups in total. The Bertz CT molecular complexity index is 754. The summed E-state index contributed by atoms with van der Waals surface area (Å²) in [6.45, 7) is 5.68. The summed E-state index contributed by atoms with van der Waals surface area (Å²) in [4.78, 5) is 12.2. The Morgan fingerprint density at radius 1 is 1.40 bits per heavy atom. The van der Waals surface area contributed by atoms with E-state index < -0.39 is 0 Å². The second kappa shape index (κ2) is 7.89. The third-order valence-corrected chi connectivity index (χ3v) is 4.78. The molecule has 1 saturated heterocycles. The number of aryl methyl sites for hydroxylation is 1. The van der Waals surface area contributed by atoms with Gasteiger partial charge >= 0.3 is 6.03 Å². The number of urea groups is 1. The van der Waals surface area contributed by atoms with E-state index in [9.17, 15) is 4.79 Å². The number of nitrogens with one attached hydrogen (secondary N) is 2. The molecule has 1 fully saturated rings. The van der Waals surface area contributed by atoms with E-state index in [2.05, 4.69) is 15.7 Å². The van der Waals surface area contributed by atoms with Gasteiger partial charge in [0.1, 0.15) is 0 Å². The molecule has 1 unspecified atom stereocenters. The number of rotatable bonds is 5. The summed E-state index contributed by atoms with van der Waals surface area (Å²) in [7, 11) is 0. The quantitative estimate of drug-likeness (QED) is 0.855. The van der Waals surface area contributed by atoms with Crippen LogP contribution in [0.5, 0.6) is 0 Å². The molecule has 0 saturated carbocycles. The standard InChI is InChI=1S/C18H23ClN4O2/c1-12-17(21-18(24)20-10-15-7-5-9-25-15)13(2)23(22-12)11-14-6-3-4-8-16(14)19/h3-4,6,8,15H,5,7,9-11H2,1-2H3,(H2,20,21,24). The van der Waals surface area contributed by atoms with Gasteiger partial charge in [-0.3, -0.25) is 4.68 Å². The smallest absolute Gasteiger partial charge is 0.319 e. The van der Waals surface area contributed by atoms with Gasteiger partial charge in [-0.25, -0.2) is 4.79 Å². The molecular formula is C18H23ClN4O2. The van der Waals surface area contributed by atoms with Crippen molar-refractivity contribution in [1.82, 2.24) is 15.1 Å². The molecule has 1 atom stereocenters. The van der Waals surface area contributed by atoms with E-state index in [1.54, 1.807) is 0 Å². The molecule has 0 aliphatic carbocycles. The summed E-state index contributed by atoms with van der Waals surface area (Å²) in [5.41, 5.74) is 3.39. The van der Waals surface area contributed by atoms with E-state index >= 15 is 0 Å². The molecule has 134 valence electrons. The van der Waals surface area contributed by atoms with Gasteiger partial charge in [0.25, 0.3) is 0 Å².